The second-order valence-electron chi connectivity index (χ2n) is 7.72. The summed E-state index contributed by atoms with van der Waals surface area (Å²) in [7, 11) is 2.76. The van der Waals surface area contributed by atoms with E-state index in [1.165, 1.54) is 44.2 Å². The zero-order valence-corrected chi connectivity index (χ0v) is 19.7. The number of nitrogens with zero attached hydrogens (tertiary/aromatic N) is 1. The number of Topliss-reactive ketones (excluding diaryl/α,β-unsaturated/α-hetero) is 1. The Morgan fingerprint density at radius 2 is 1.97 bits per heavy atom. The van der Waals surface area contributed by atoms with E-state index >= 15 is 0 Å². The maximum absolute atomic E-state index is 14.5. The number of aliphatic carboxylic acids is 1. The second-order valence-corrected chi connectivity index (χ2v) is 8.91. The molecule has 0 aliphatic carbocycles. The fourth-order valence-electron chi connectivity index (χ4n) is 3.93. The molecule has 1 aliphatic rings. The van der Waals surface area contributed by atoms with E-state index in [0.717, 1.165) is 6.08 Å². The number of ketones is 1. The lowest BCUT2D eigenvalue weighted by molar-refractivity contribution is -0.147. The minimum absolute atomic E-state index is 0.0974. The Kier molecular flexibility index (Phi) is 8.84. The van der Waals surface area contributed by atoms with E-state index < -0.39 is 23.8 Å². The van der Waals surface area contributed by atoms with Crippen molar-refractivity contribution in [2.45, 2.75) is 17.7 Å². The van der Waals surface area contributed by atoms with Gasteiger partial charge in [-0.05, 0) is 30.2 Å². The summed E-state index contributed by atoms with van der Waals surface area (Å²) in [5.74, 6) is -1.65. The molecule has 9 heteroatoms. The van der Waals surface area contributed by atoms with Crippen LogP contribution in [0.15, 0.2) is 60.2 Å². The fourth-order valence-corrected chi connectivity index (χ4v) is 5.08. The van der Waals surface area contributed by atoms with Crippen LogP contribution in [0.1, 0.15) is 28.4 Å². The lowest BCUT2D eigenvalue weighted by Gasteiger charge is -2.37. The van der Waals surface area contributed by atoms with Crippen LogP contribution in [0.5, 0.6) is 5.75 Å². The van der Waals surface area contributed by atoms with Crippen LogP contribution in [0.3, 0.4) is 0 Å². The Morgan fingerprint density at radius 1 is 1.21 bits per heavy atom. The average Bonchev–Trinajstić information content (AvgIpc) is 2.84. The molecule has 2 aromatic carbocycles. The number of ether oxygens (including phenoxy) is 2. The first-order chi connectivity index (χ1) is 16.3. The molecule has 1 N–H and O–H groups in total. The highest BCUT2D eigenvalue weighted by atomic mass is 32.2. The summed E-state index contributed by atoms with van der Waals surface area (Å²) in [6, 6.07) is 11.8. The van der Waals surface area contributed by atoms with Crippen molar-refractivity contribution in [3.05, 3.63) is 77.1 Å². The molecular weight excluding hydrogens is 461 g/mol. The number of hydrogen-bond acceptors (Lipinski definition) is 7. The van der Waals surface area contributed by atoms with Gasteiger partial charge < -0.3 is 14.6 Å². The third kappa shape index (κ3) is 6.24. The molecule has 180 valence electrons. The molecule has 0 aromatic heterocycles. The van der Waals surface area contributed by atoms with Gasteiger partial charge in [0.2, 0.25) is 0 Å². The third-order valence-electron chi connectivity index (χ3n) is 5.58. The van der Waals surface area contributed by atoms with Crippen LogP contribution < -0.4 is 4.74 Å². The van der Waals surface area contributed by atoms with Gasteiger partial charge in [0.15, 0.2) is 5.78 Å². The fraction of sp³-hybridized carbons (Fsp3) is 0.320. The molecule has 1 aliphatic heterocycles. The molecule has 0 spiro atoms. The molecule has 34 heavy (non-hydrogen) atoms. The van der Waals surface area contributed by atoms with E-state index in [1.807, 2.05) is 0 Å². The summed E-state index contributed by atoms with van der Waals surface area (Å²) in [4.78, 5) is 38.5. The highest BCUT2D eigenvalue weighted by Crippen LogP contribution is 2.34. The van der Waals surface area contributed by atoms with Crippen molar-refractivity contribution in [3.63, 3.8) is 0 Å². The number of carbonyl (C=O) groups is 3. The van der Waals surface area contributed by atoms with Crippen LogP contribution >= 0.6 is 11.8 Å². The first kappa shape index (κ1) is 25.5. The highest BCUT2D eigenvalue weighted by molar-refractivity contribution is 8.00. The zero-order chi connectivity index (χ0) is 24.7. The summed E-state index contributed by atoms with van der Waals surface area (Å²) in [5, 5.41) is 9.17. The van der Waals surface area contributed by atoms with Gasteiger partial charge in [-0.1, -0.05) is 30.3 Å². The van der Waals surface area contributed by atoms with Gasteiger partial charge in [0.05, 0.1) is 20.0 Å². The van der Waals surface area contributed by atoms with Crippen LogP contribution in [0, 0.1) is 5.82 Å². The molecule has 2 atom stereocenters. The number of halogens is 1. The number of carboxylic acid groups (broad SMARTS) is 1. The molecule has 0 saturated carbocycles. The van der Waals surface area contributed by atoms with Gasteiger partial charge >= 0.3 is 11.9 Å². The van der Waals surface area contributed by atoms with Crippen LogP contribution in [0.2, 0.25) is 0 Å². The van der Waals surface area contributed by atoms with Crippen molar-refractivity contribution in [1.29, 1.82) is 0 Å². The standard InChI is InChI=1S/C25H26FNO6S/c1-32-18-7-5-6-16(12-18)21(28)15-34-22-10-11-27(14-17(22)13-23(29)30)24(25(31)33-2)19-8-3-4-9-20(19)26/h3-9,12-13,22,24H,10-11,14-15H2,1-2H3,(H,29,30)/b17-13+/t22-,24-/m0/s1. The maximum atomic E-state index is 14.5. The number of carbonyl (C=O) groups excluding carboxylic acids is 2. The smallest absolute Gasteiger partial charge is 0.328 e. The number of esters is 1. The third-order valence-corrected chi connectivity index (χ3v) is 6.95. The number of methoxy groups -OCH3 is 2. The van der Waals surface area contributed by atoms with Crippen molar-refractivity contribution in [1.82, 2.24) is 4.90 Å². The zero-order valence-electron chi connectivity index (χ0n) is 18.9. The summed E-state index contributed by atoms with van der Waals surface area (Å²) < 4.78 is 24.6. The van der Waals surface area contributed by atoms with Crippen LogP contribution in [0.4, 0.5) is 4.39 Å². The number of thioether (sulfide) groups is 1. The number of benzene rings is 2. The maximum Gasteiger partial charge on any atom is 0.328 e. The molecule has 0 amide bonds. The molecule has 0 radical (unpaired) electrons. The summed E-state index contributed by atoms with van der Waals surface area (Å²) in [6.45, 7) is 0.529. The van der Waals surface area contributed by atoms with Gasteiger partial charge in [-0.25, -0.2) is 14.0 Å². The summed E-state index contributed by atoms with van der Waals surface area (Å²) in [6.07, 6.45) is 1.59. The Balaban J connectivity index is 1.77. The lowest BCUT2D eigenvalue weighted by atomic mass is 9.98. The number of carboxylic acids is 1. The van der Waals surface area contributed by atoms with E-state index in [0.29, 0.717) is 29.9 Å². The molecule has 0 unspecified atom stereocenters. The van der Waals surface area contributed by atoms with E-state index in [4.69, 9.17) is 9.47 Å². The predicted octanol–water partition coefficient (Wildman–Crippen LogP) is 3.75. The lowest BCUT2D eigenvalue weighted by Crippen LogP contribution is -2.43. The van der Waals surface area contributed by atoms with Crippen molar-refractivity contribution >= 4 is 29.5 Å². The predicted molar refractivity (Wildman–Crippen MR) is 127 cm³/mol. The van der Waals surface area contributed by atoms with Crippen molar-refractivity contribution in [2.75, 3.05) is 33.1 Å². The minimum atomic E-state index is -1.12. The number of hydrogen-bond donors (Lipinski definition) is 1. The van der Waals surface area contributed by atoms with Crippen LogP contribution in [-0.4, -0.2) is 66.0 Å². The number of piperidine rings is 1. The Morgan fingerprint density at radius 3 is 2.65 bits per heavy atom. The van der Waals surface area contributed by atoms with E-state index in [1.54, 1.807) is 35.2 Å². The molecule has 0 bridgehead atoms. The Hall–Kier alpha value is -3.17. The normalized spacial score (nSPS) is 18.3. The Labute approximate surface area is 201 Å². The van der Waals surface area contributed by atoms with Gasteiger partial charge in [-0.3, -0.25) is 9.69 Å². The van der Waals surface area contributed by atoms with Gasteiger partial charge in [0.1, 0.15) is 17.6 Å². The molecule has 1 fully saturated rings. The van der Waals surface area contributed by atoms with Gasteiger partial charge in [0.25, 0.3) is 0 Å². The second kappa shape index (κ2) is 11.8. The van der Waals surface area contributed by atoms with Crippen LogP contribution in [0.25, 0.3) is 0 Å². The van der Waals surface area contributed by atoms with Gasteiger partial charge in [-0.2, -0.15) is 0 Å². The molecular formula is C25H26FNO6S. The van der Waals surface area contributed by atoms with Gasteiger partial charge in [-0.15, -0.1) is 11.8 Å². The monoisotopic (exact) mass is 487 g/mol. The molecule has 3 rings (SSSR count). The number of rotatable bonds is 9. The summed E-state index contributed by atoms with van der Waals surface area (Å²) in [5.41, 5.74) is 1.23. The first-order valence-electron chi connectivity index (χ1n) is 10.6. The molecule has 2 aromatic rings. The van der Waals surface area contributed by atoms with E-state index in [-0.39, 0.29) is 28.9 Å². The van der Waals surface area contributed by atoms with Crippen molar-refractivity contribution in [2.24, 2.45) is 0 Å². The van der Waals surface area contributed by atoms with E-state index in [2.05, 4.69) is 0 Å². The van der Waals surface area contributed by atoms with Gasteiger partial charge in [0, 0.05) is 35.5 Å². The number of likely N-dealkylation sites (tertiary alicyclic amines) is 1. The Bertz CT molecular complexity index is 1090. The summed E-state index contributed by atoms with van der Waals surface area (Å²) >= 11 is 1.35. The molecule has 1 saturated heterocycles. The van der Waals surface area contributed by atoms with Crippen LogP contribution in [-0.2, 0) is 14.3 Å². The first-order valence-corrected chi connectivity index (χ1v) is 11.7. The molecule has 1 heterocycles. The largest absolute Gasteiger partial charge is 0.497 e. The topological polar surface area (TPSA) is 93.1 Å². The minimum Gasteiger partial charge on any atom is -0.497 e. The molecule has 7 nitrogen and oxygen atoms in total. The highest BCUT2D eigenvalue weighted by Gasteiger charge is 2.36. The van der Waals surface area contributed by atoms with Crippen molar-refractivity contribution in [3.8, 4) is 5.75 Å². The van der Waals surface area contributed by atoms with Crippen molar-refractivity contribution < 1.29 is 33.4 Å². The quantitative estimate of drug-likeness (QED) is 0.325. The SMILES string of the molecule is COC(=O)[C@H](c1ccccc1F)N1CC[C@H](SCC(=O)c2cccc(OC)c2)/C(=C/C(=O)O)C1. The average molecular weight is 488 g/mol. The van der Waals surface area contributed by atoms with E-state index in [9.17, 15) is 23.9 Å².